The summed E-state index contributed by atoms with van der Waals surface area (Å²) in [5, 5.41) is 12.2. The Balaban J connectivity index is 2.23. The van der Waals surface area contributed by atoms with Crippen molar-refractivity contribution in [1.82, 2.24) is 15.2 Å². The van der Waals surface area contributed by atoms with Crippen LogP contribution in [0.5, 0.6) is 0 Å². The maximum Gasteiger partial charge on any atom is 0.410 e. The minimum atomic E-state index is -0.529. The van der Waals surface area contributed by atoms with Gasteiger partial charge in [-0.3, -0.25) is 9.88 Å². The normalized spacial score (nSPS) is 19.0. The summed E-state index contributed by atoms with van der Waals surface area (Å²) in [6.07, 6.45) is 2.87. The number of carbonyl (C=O) groups excluding carboxylic acids is 1. The van der Waals surface area contributed by atoms with E-state index in [2.05, 4.69) is 16.4 Å². The van der Waals surface area contributed by atoms with E-state index in [4.69, 9.17) is 10.00 Å². The van der Waals surface area contributed by atoms with Crippen molar-refractivity contribution in [2.75, 3.05) is 19.6 Å². The van der Waals surface area contributed by atoms with Crippen LogP contribution in [-0.4, -0.2) is 41.2 Å². The number of amides is 1. The van der Waals surface area contributed by atoms with Crippen LogP contribution in [0.25, 0.3) is 0 Å². The number of nitriles is 1. The third-order valence-corrected chi connectivity index (χ3v) is 3.14. The van der Waals surface area contributed by atoms with Crippen molar-refractivity contribution in [2.24, 2.45) is 0 Å². The van der Waals surface area contributed by atoms with Crippen LogP contribution in [-0.2, 0) is 4.74 Å². The fourth-order valence-electron chi connectivity index (χ4n) is 2.24. The molecule has 0 aliphatic carbocycles. The Morgan fingerprint density at radius 2 is 2.29 bits per heavy atom. The predicted octanol–water partition coefficient (Wildman–Crippen LogP) is 1.83. The molecule has 2 rings (SSSR count). The SMILES string of the molecule is CC(C)(C)OC(=O)N1CCNCC1c1cncc(C#N)c1. The number of nitrogens with one attached hydrogen (secondary N) is 1. The van der Waals surface area contributed by atoms with Crippen molar-refractivity contribution in [2.45, 2.75) is 32.4 Å². The number of hydrogen-bond donors (Lipinski definition) is 1. The van der Waals surface area contributed by atoms with Gasteiger partial charge >= 0.3 is 6.09 Å². The molecule has 1 unspecified atom stereocenters. The van der Waals surface area contributed by atoms with Crippen LogP contribution in [0.1, 0.15) is 37.9 Å². The standard InChI is InChI=1S/C15H20N4O2/c1-15(2,3)21-14(20)19-5-4-17-10-13(19)12-6-11(7-16)8-18-9-12/h6,8-9,13,17H,4-5,10H2,1-3H3. The van der Waals surface area contributed by atoms with Crippen molar-refractivity contribution >= 4 is 6.09 Å². The van der Waals surface area contributed by atoms with E-state index in [1.807, 2.05) is 20.8 Å². The molecular weight excluding hydrogens is 268 g/mol. The van der Waals surface area contributed by atoms with Gasteiger partial charge < -0.3 is 10.1 Å². The van der Waals surface area contributed by atoms with Gasteiger partial charge in [0.1, 0.15) is 11.7 Å². The molecule has 6 nitrogen and oxygen atoms in total. The van der Waals surface area contributed by atoms with Gasteiger partial charge in [-0.1, -0.05) is 0 Å². The Morgan fingerprint density at radius 1 is 1.52 bits per heavy atom. The minimum absolute atomic E-state index is 0.172. The molecule has 0 spiro atoms. The number of hydrogen-bond acceptors (Lipinski definition) is 5. The topological polar surface area (TPSA) is 78.2 Å². The first-order chi connectivity index (χ1) is 9.90. The van der Waals surface area contributed by atoms with E-state index in [0.29, 0.717) is 18.7 Å². The zero-order chi connectivity index (χ0) is 15.5. The number of pyridine rings is 1. The third-order valence-electron chi connectivity index (χ3n) is 3.14. The smallest absolute Gasteiger partial charge is 0.410 e. The molecule has 1 saturated heterocycles. The highest BCUT2D eigenvalue weighted by Crippen LogP contribution is 2.24. The maximum absolute atomic E-state index is 12.3. The molecule has 1 aliphatic rings. The van der Waals surface area contributed by atoms with Gasteiger partial charge in [-0.25, -0.2) is 4.79 Å². The Labute approximate surface area is 124 Å². The first-order valence-electron chi connectivity index (χ1n) is 6.96. The highest BCUT2D eigenvalue weighted by Gasteiger charge is 2.31. The van der Waals surface area contributed by atoms with Crippen LogP contribution in [0.4, 0.5) is 4.79 Å². The number of ether oxygens (including phenoxy) is 1. The molecule has 0 bridgehead atoms. The first-order valence-corrected chi connectivity index (χ1v) is 6.96. The van der Waals surface area contributed by atoms with Crippen LogP contribution >= 0.6 is 0 Å². The van der Waals surface area contributed by atoms with E-state index in [1.165, 1.54) is 6.20 Å². The summed E-state index contributed by atoms with van der Waals surface area (Å²) < 4.78 is 5.46. The molecule has 1 aromatic rings. The number of carbonyl (C=O) groups is 1. The molecule has 0 saturated carbocycles. The molecular formula is C15H20N4O2. The van der Waals surface area contributed by atoms with E-state index in [0.717, 1.165) is 12.1 Å². The average molecular weight is 288 g/mol. The summed E-state index contributed by atoms with van der Waals surface area (Å²) in [4.78, 5) is 18.1. The summed E-state index contributed by atoms with van der Waals surface area (Å²) in [6, 6.07) is 3.67. The molecule has 112 valence electrons. The first kappa shape index (κ1) is 15.3. The summed E-state index contributed by atoms with van der Waals surface area (Å²) in [7, 11) is 0. The van der Waals surface area contributed by atoms with Gasteiger partial charge in [0.25, 0.3) is 0 Å². The summed E-state index contributed by atoms with van der Waals surface area (Å²) >= 11 is 0. The van der Waals surface area contributed by atoms with Crippen LogP contribution < -0.4 is 5.32 Å². The van der Waals surface area contributed by atoms with Crippen LogP contribution in [0, 0.1) is 11.3 Å². The van der Waals surface area contributed by atoms with Crippen molar-refractivity contribution in [1.29, 1.82) is 5.26 Å². The number of nitrogens with zero attached hydrogens (tertiary/aromatic N) is 3. The van der Waals surface area contributed by atoms with E-state index in [1.54, 1.807) is 17.2 Å². The Bertz CT molecular complexity index is 560. The molecule has 1 aromatic heterocycles. The molecule has 1 amide bonds. The number of piperazine rings is 1. The van der Waals surface area contributed by atoms with Gasteiger partial charge in [-0.2, -0.15) is 5.26 Å². The molecule has 2 heterocycles. The molecule has 21 heavy (non-hydrogen) atoms. The largest absolute Gasteiger partial charge is 0.444 e. The van der Waals surface area contributed by atoms with E-state index >= 15 is 0 Å². The van der Waals surface area contributed by atoms with Crippen LogP contribution in [0.3, 0.4) is 0 Å². The second kappa shape index (κ2) is 6.10. The fourth-order valence-corrected chi connectivity index (χ4v) is 2.24. The maximum atomic E-state index is 12.3. The number of rotatable bonds is 1. The van der Waals surface area contributed by atoms with Crippen molar-refractivity contribution in [3.63, 3.8) is 0 Å². The highest BCUT2D eigenvalue weighted by molar-refractivity contribution is 5.69. The molecule has 1 fully saturated rings. The van der Waals surface area contributed by atoms with Gasteiger partial charge in [0, 0.05) is 32.0 Å². The van der Waals surface area contributed by atoms with Gasteiger partial charge in [-0.15, -0.1) is 0 Å². The zero-order valence-corrected chi connectivity index (χ0v) is 12.6. The van der Waals surface area contributed by atoms with Crippen LogP contribution in [0.15, 0.2) is 18.5 Å². The lowest BCUT2D eigenvalue weighted by Gasteiger charge is -2.37. The molecule has 1 aliphatic heterocycles. The van der Waals surface area contributed by atoms with E-state index in [9.17, 15) is 4.79 Å². The Morgan fingerprint density at radius 3 is 2.95 bits per heavy atom. The molecule has 1 N–H and O–H groups in total. The Kier molecular flexibility index (Phi) is 4.43. The molecule has 0 radical (unpaired) electrons. The lowest BCUT2D eigenvalue weighted by molar-refractivity contribution is 0.0117. The predicted molar refractivity (Wildman–Crippen MR) is 77.5 cm³/mol. The van der Waals surface area contributed by atoms with Crippen molar-refractivity contribution in [3.8, 4) is 6.07 Å². The molecule has 0 aromatic carbocycles. The Hall–Kier alpha value is -2.13. The zero-order valence-electron chi connectivity index (χ0n) is 12.6. The summed E-state index contributed by atoms with van der Waals surface area (Å²) in [6.45, 7) is 7.45. The highest BCUT2D eigenvalue weighted by atomic mass is 16.6. The number of aromatic nitrogens is 1. The van der Waals surface area contributed by atoms with Crippen molar-refractivity contribution < 1.29 is 9.53 Å². The lowest BCUT2D eigenvalue weighted by atomic mass is 10.0. The van der Waals surface area contributed by atoms with E-state index < -0.39 is 5.60 Å². The second-order valence-electron chi connectivity index (χ2n) is 6.01. The molecule has 6 heteroatoms. The molecule has 1 atom stereocenters. The van der Waals surface area contributed by atoms with Crippen molar-refractivity contribution in [3.05, 3.63) is 29.6 Å². The quantitative estimate of drug-likeness (QED) is 0.853. The summed E-state index contributed by atoms with van der Waals surface area (Å²) in [5.74, 6) is 0. The van der Waals surface area contributed by atoms with Gasteiger partial charge in [0.2, 0.25) is 0 Å². The van der Waals surface area contributed by atoms with Gasteiger partial charge in [-0.05, 0) is 32.4 Å². The monoisotopic (exact) mass is 288 g/mol. The van der Waals surface area contributed by atoms with Crippen LogP contribution in [0.2, 0.25) is 0 Å². The average Bonchev–Trinajstić information content (AvgIpc) is 2.45. The lowest BCUT2D eigenvalue weighted by Crippen LogP contribution is -2.50. The van der Waals surface area contributed by atoms with Gasteiger partial charge in [0.05, 0.1) is 11.6 Å². The summed E-state index contributed by atoms with van der Waals surface area (Å²) in [5.41, 5.74) is 0.800. The third kappa shape index (κ3) is 3.92. The van der Waals surface area contributed by atoms with Gasteiger partial charge in [0.15, 0.2) is 0 Å². The minimum Gasteiger partial charge on any atom is -0.444 e. The van der Waals surface area contributed by atoms with E-state index in [-0.39, 0.29) is 12.1 Å². The fraction of sp³-hybridized carbons (Fsp3) is 0.533. The second-order valence-corrected chi connectivity index (χ2v) is 6.01.